The van der Waals surface area contributed by atoms with Gasteiger partial charge in [-0.05, 0) is 22.6 Å². The van der Waals surface area contributed by atoms with Crippen LogP contribution < -0.4 is 0 Å². The largest absolute Gasteiger partial charge is 0.210 e. The highest BCUT2D eigenvalue weighted by atomic mass is 19.1. The summed E-state index contributed by atoms with van der Waals surface area (Å²) in [5.74, 6) is -0.273. The molecule has 0 saturated carbocycles. The van der Waals surface area contributed by atoms with Gasteiger partial charge >= 0.3 is 0 Å². The normalized spacial score (nSPS) is 15.8. The predicted molar refractivity (Wildman–Crippen MR) is 38.9 cm³/mol. The average molecular weight is 164 g/mol. The minimum Gasteiger partial charge on any atom is -0.207 e. The van der Waals surface area contributed by atoms with Gasteiger partial charge in [0.15, 0.2) is 0 Å². The molecule has 1 aromatic carbocycles. The van der Waals surface area contributed by atoms with Crippen LogP contribution in [0.3, 0.4) is 0 Å². The van der Waals surface area contributed by atoms with E-state index in [1.807, 2.05) is 0 Å². The molecule has 0 radical (unpaired) electrons. The van der Waals surface area contributed by atoms with Crippen LogP contribution in [0.5, 0.6) is 0 Å². The monoisotopic (exact) mass is 164 g/mol. The van der Waals surface area contributed by atoms with Crippen LogP contribution in [0.2, 0.25) is 0 Å². The number of hydrogen-bond donors (Lipinski definition) is 0. The number of benzene rings is 1. The standard InChI is InChI=1S/C7H5FN4/c8-6-3-1-5(2-4-6)7-9-11-12-10-7/h1-4,7H. The van der Waals surface area contributed by atoms with E-state index in [0.717, 1.165) is 5.56 Å². The van der Waals surface area contributed by atoms with Gasteiger partial charge in [0.05, 0.1) is 0 Å². The molecule has 1 heterocycles. The van der Waals surface area contributed by atoms with Crippen LogP contribution in [0.4, 0.5) is 4.39 Å². The summed E-state index contributed by atoms with van der Waals surface area (Å²) in [5.41, 5.74) is 0.793. The van der Waals surface area contributed by atoms with E-state index in [-0.39, 0.29) is 12.0 Å². The fourth-order valence-electron chi connectivity index (χ4n) is 0.935. The Morgan fingerprint density at radius 3 is 2.17 bits per heavy atom. The Bertz CT molecular complexity index is 318. The van der Waals surface area contributed by atoms with E-state index in [9.17, 15) is 4.39 Å². The zero-order valence-corrected chi connectivity index (χ0v) is 6.05. The SMILES string of the molecule is Fc1ccc(C2N=NN=N2)cc1. The highest BCUT2D eigenvalue weighted by Crippen LogP contribution is 2.23. The molecule has 1 aliphatic heterocycles. The third-order valence-corrected chi connectivity index (χ3v) is 1.53. The second-order valence-electron chi connectivity index (χ2n) is 2.34. The van der Waals surface area contributed by atoms with Crippen LogP contribution in [0, 0.1) is 5.82 Å². The topological polar surface area (TPSA) is 49.4 Å². The predicted octanol–water partition coefficient (Wildman–Crippen LogP) is 2.66. The van der Waals surface area contributed by atoms with Crippen LogP contribution in [-0.4, -0.2) is 0 Å². The Labute approximate surface area is 67.8 Å². The third-order valence-electron chi connectivity index (χ3n) is 1.53. The highest BCUT2D eigenvalue weighted by molar-refractivity contribution is 5.19. The van der Waals surface area contributed by atoms with Crippen LogP contribution in [0.1, 0.15) is 11.7 Å². The summed E-state index contributed by atoms with van der Waals surface area (Å²) < 4.78 is 12.5. The van der Waals surface area contributed by atoms with Crippen molar-refractivity contribution in [2.45, 2.75) is 6.17 Å². The van der Waals surface area contributed by atoms with E-state index < -0.39 is 0 Å². The van der Waals surface area contributed by atoms with Gasteiger partial charge in [0.2, 0.25) is 6.17 Å². The fraction of sp³-hybridized carbons (Fsp3) is 0.143. The molecule has 0 N–H and O–H groups in total. The second kappa shape index (κ2) is 2.77. The number of rotatable bonds is 1. The van der Waals surface area contributed by atoms with Crippen molar-refractivity contribution in [2.75, 3.05) is 0 Å². The van der Waals surface area contributed by atoms with Crippen molar-refractivity contribution >= 4 is 0 Å². The highest BCUT2D eigenvalue weighted by Gasteiger charge is 2.11. The Hall–Kier alpha value is -1.65. The molecule has 0 aliphatic carbocycles. The Balaban J connectivity index is 2.29. The molecule has 5 heteroatoms. The Morgan fingerprint density at radius 2 is 1.58 bits per heavy atom. The molecule has 4 nitrogen and oxygen atoms in total. The maximum Gasteiger partial charge on any atom is 0.210 e. The van der Waals surface area contributed by atoms with Crippen molar-refractivity contribution < 1.29 is 4.39 Å². The van der Waals surface area contributed by atoms with Crippen LogP contribution in [0.25, 0.3) is 0 Å². The molecule has 0 bridgehead atoms. The van der Waals surface area contributed by atoms with E-state index >= 15 is 0 Å². The number of halogens is 1. The van der Waals surface area contributed by atoms with Gasteiger partial charge in [0.25, 0.3) is 0 Å². The van der Waals surface area contributed by atoms with E-state index in [1.165, 1.54) is 12.1 Å². The first-order chi connectivity index (χ1) is 5.86. The van der Waals surface area contributed by atoms with Crippen molar-refractivity contribution in [2.24, 2.45) is 20.7 Å². The van der Waals surface area contributed by atoms with Crippen LogP contribution >= 0.6 is 0 Å². The zero-order chi connectivity index (χ0) is 8.39. The molecule has 60 valence electrons. The summed E-state index contributed by atoms with van der Waals surface area (Å²) in [5, 5.41) is 14.1. The molecule has 1 aliphatic rings. The van der Waals surface area contributed by atoms with E-state index in [2.05, 4.69) is 20.7 Å². The first kappa shape index (κ1) is 7.02. The third kappa shape index (κ3) is 1.20. The first-order valence-electron chi connectivity index (χ1n) is 3.42. The summed E-state index contributed by atoms with van der Waals surface area (Å²) in [6, 6.07) is 5.95. The fourth-order valence-corrected chi connectivity index (χ4v) is 0.935. The van der Waals surface area contributed by atoms with Crippen molar-refractivity contribution in [1.29, 1.82) is 0 Å². The maximum absolute atomic E-state index is 12.5. The minimum absolute atomic E-state index is 0.273. The molecule has 12 heavy (non-hydrogen) atoms. The van der Waals surface area contributed by atoms with Crippen LogP contribution in [-0.2, 0) is 0 Å². The van der Waals surface area contributed by atoms with Gasteiger partial charge in [0, 0.05) is 5.56 Å². The molecular weight excluding hydrogens is 159 g/mol. The molecule has 0 amide bonds. The lowest BCUT2D eigenvalue weighted by molar-refractivity contribution is 0.625. The number of nitrogens with zero attached hydrogens (tertiary/aromatic N) is 4. The lowest BCUT2D eigenvalue weighted by Gasteiger charge is -1.99. The maximum atomic E-state index is 12.5. The van der Waals surface area contributed by atoms with Gasteiger partial charge in [-0.1, -0.05) is 12.1 Å². The van der Waals surface area contributed by atoms with Gasteiger partial charge < -0.3 is 0 Å². The Kier molecular flexibility index (Phi) is 1.62. The van der Waals surface area contributed by atoms with E-state index in [4.69, 9.17) is 0 Å². The van der Waals surface area contributed by atoms with Gasteiger partial charge in [-0.3, -0.25) is 0 Å². The van der Waals surface area contributed by atoms with E-state index in [0.29, 0.717) is 0 Å². The summed E-state index contributed by atoms with van der Waals surface area (Å²) in [6.07, 6.45) is -0.384. The second-order valence-corrected chi connectivity index (χ2v) is 2.34. The van der Waals surface area contributed by atoms with Gasteiger partial charge in [0.1, 0.15) is 5.82 Å². The van der Waals surface area contributed by atoms with Crippen LogP contribution in [0.15, 0.2) is 44.9 Å². The van der Waals surface area contributed by atoms with Crippen molar-refractivity contribution in [3.05, 3.63) is 35.6 Å². The molecular formula is C7H5FN4. The van der Waals surface area contributed by atoms with Crippen molar-refractivity contribution in [3.63, 3.8) is 0 Å². The minimum atomic E-state index is -0.384. The average Bonchev–Trinajstić information content (AvgIpc) is 2.58. The first-order valence-corrected chi connectivity index (χ1v) is 3.42. The molecule has 0 spiro atoms. The van der Waals surface area contributed by atoms with Crippen molar-refractivity contribution in [1.82, 2.24) is 0 Å². The quantitative estimate of drug-likeness (QED) is 0.612. The summed E-state index contributed by atoms with van der Waals surface area (Å²) >= 11 is 0. The lowest BCUT2D eigenvalue weighted by atomic mass is 10.2. The molecule has 0 unspecified atom stereocenters. The molecule has 0 fully saturated rings. The van der Waals surface area contributed by atoms with Gasteiger partial charge in [-0.2, -0.15) is 0 Å². The molecule has 0 saturated heterocycles. The van der Waals surface area contributed by atoms with Gasteiger partial charge in [-0.25, -0.2) is 4.39 Å². The molecule has 1 aromatic rings. The zero-order valence-electron chi connectivity index (χ0n) is 6.05. The van der Waals surface area contributed by atoms with Crippen molar-refractivity contribution in [3.8, 4) is 0 Å². The molecule has 2 rings (SSSR count). The molecule has 0 atom stereocenters. The number of hydrogen-bond acceptors (Lipinski definition) is 4. The summed E-state index contributed by atoms with van der Waals surface area (Å²) in [6.45, 7) is 0. The van der Waals surface area contributed by atoms with Gasteiger partial charge in [-0.15, -0.1) is 10.2 Å². The Morgan fingerprint density at radius 1 is 1.00 bits per heavy atom. The summed E-state index contributed by atoms with van der Waals surface area (Å²) in [4.78, 5) is 0. The van der Waals surface area contributed by atoms with E-state index in [1.54, 1.807) is 12.1 Å². The smallest absolute Gasteiger partial charge is 0.207 e. The summed E-state index contributed by atoms with van der Waals surface area (Å²) in [7, 11) is 0. The molecule has 0 aromatic heterocycles. The lowest BCUT2D eigenvalue weighted by Crippen LogP contribution is -1.87.